The molecule has 0 fully saturated rings. The van der Waals surface area contributed by atoms with Gasteiger partial charge in [-0.2, -0.15) is 0 Å². The van der Waals surface area contributed by atoms with Gasteiger partial charge in [0.1, 0.15) is 17.3 Å². The topological polar surface area (TPSA) is 35.9 Å². The molecule has 14 aromatic rings. The number of pyridine rings is 1. The third-order valence-electron chi connectivity index (χ3n) is 12.8. The molecule has 368 valence electrons. The van der Waals surface area contributed by atoms with E-state index in [2.05, 4.69) is 11.3 Å². The zero-order valence-electron chi connectivity index (χ0n) is 71.2. The van der Waals surface area contributed by atoms with Crippen LogP contribution in [-0.4, -0.2) is 14.1 Å². The molecular weight excluding hydrogens is 949 g/mol. The van der Waals surface area contributed by atoms with E-state index in [-0.39, 0.29) is 78.7 Å². The van der Waals surface area contributed by atoms with Crippen molar-refractivity contribution in [1.82, 2.24) is 14.1 Å². The molecule has 3 aromatic heterocycles. The molecule has 0 atom stereocenters. The number of hydrogen-bond donors (Lipinski definition) is 0. The first-order valence-corrected chi connectivity index (χ1v) is 23.9. The summed E-state index contributed by atoms with van der Waals surface area (Å²) in [5, 5.41) is 1.33. The van der Waals surface area contributed by atoms with E-state index in [1.807, 2.05) is 6.07 Å². The van der Waals surface area contributed by atoms with Crippen molar-refractivity contribution in [2.45, 2.75) is 6.85 Å². The van der Waals surface area contributed by atoms with Gasteiger partial charge in [-0.3, -0.25) is 13.7 Å². The van der Waals surface area contributed by atoms with Crippen LogP contribution in [0.4, 0.5) is 0 Å². The fourth-order valence-electron chi connectivity index (χ4n) is 9.43. The molecule has 0 N–H and O–H groups in total. The molecule has 0 radical (unpaired) electrons. The molecule has 0 aliphatic heterocycles. The largest absolute Gasteiger partial charge is 0.458 e. The zero-order valence-corrected chi connectivity index (χ0v) is 40.2. The SMILES string of the molecule is [2H]c1c([2H])c([2H])c(-c2ccc3c(c2)n(-c2cccc(Oc4ccc5c6ccccc6n(-c6cc(C([2H])([2H])[2H])c(-c7c([2H])c([2H])c([2H])c([2H])c7[2H])cn6)c5c4)c2)[c-][n+]3-c2c(-c3c([2H])c([2H])c([2H])c([2H])c3[2H])cccc2-c2c([2H])c(-c3c([2H])c([2H])c([2H])c([2H])c3[2H])c([2H])c(-c3c([2H])c([2H])c([2H])c([2H])c3[2H])c2[2H])c([2H])c1[2H]. The molecular formula is C73H50N4O. The number of imidazole rings is 1. The summed E-state index contributed by atoms with van der Waals surface area (Å²) >= 11 is 0. The number of aromatic nitrogens is 4. The summed E-state index contributed by atoms with van der Waals surface area (Å²) < 4.78 is 288. The number of fused-ring (bicyclic) bond motifs is 4. The van der Waals surface area contributed by atoms with E-state index in [1.165, 1.54) is 57.7 Å². The molecule has 0 aliphatic rings. The van der Waals surface area contributed by atoms with Crippen LogP contribution < -0.4 is 9.30 Å². The van der Waals surface area contributed by atoms with Crippen molar-refractivity contribution in [2.75, 3.05) is 0 Å². The number of para-hydroxylation sites is 2. The molecule has 0 bridgehead atoms. The van der Waals surface area contributed by atoms with E-state index < -0.39 is 209 Å². The van der Waals surface area contributed by atoms with Gasteiger partial charge in [-0.15, -0.1) is 0 Å². The monoisotopic (exact) mass is 1030 g/mol. The fraction of sp³-hybridized carbons (Fsp3) is 0.0137. The van der Waals surface area contributed by atoms with E-state index in [4.69, 9.17) is 34.9 Å². The Morgan fingerprint density at radius 3 is 1.68 bits per heavy atom. The molecule has 5 heteroatoms. The Bertz CT molecular complexity index is 6140. The van der Waals surface area contributed by atoms with Crippen LogP contribution in [0.2, 0.25) is 0 Å². The highest BCUT2D eigenvalue weighted by Gasteiger charge is 2.22. The smallest absolute Gasteiger partial charge is 0.269 e. The minimum atomic E-state index is -2.92. The Morgan fingerprint density at radius 2 is 1.01 bits per heavy atom. The second kappa shape index (κ2) is 19.7. The fourth-order valence-corrected chi connectivity index (χ4v) is 9.43. The lowest BCUT2D eigenvalue weighted by Gasteiger charge is -2.19. The van der Waals surface area contributed by atoms with E-state index in [0.29, 0.717) is 21.8 Å². The van der Waals surface area contributed by atoms with Gasteiger partial charge in [0.2, 0.25) is 0 Å². The van der Waals surface area contributed by atoms with Crippen LogP contribution in [0.25, 0.3) is 117 Å². The highest BCUT2D eigenvalue weighted by atomic mass is 16.5. The van der Waals surface area contributed by atoms with Crippen molar-refractivity contribution in [3.05, 3.63) is 296 Å². The minimum absolute atomic E-state index is 0.0308. The summed E-state index contributed by atoms with van der Waals surface area (Å²) in [6.07, 6.45) is 4.44. The Morgan fingerprint density at radius 1 is 0.449 bits per heavy atom. The van der Waals surface area contributed by atoms with E-state index >= 15 is 0 Å². The van der Waals surface area contributed by atoms with Crippen LogP contribution >= 0.6 is 0 Å². The van der Waals surface area contributed by atoms with E-state index in [1.54, 1.807) is 59.2 Å². The molecule has 14 rings (SSSR count). The average Bonchev–Trinajstić information content (AvgIpc) is 1.58. The molecule has 0 spiro atoms. The number of aryl methyl sites for hydroxylation is 1. The molecule has 0 amide bonds. The zero-order chi connectivity index (χ0) is 78.8. The predicted molar refractivity (Wildman–Crippen MR) is 320 cm³/mol. The minimum Gasteiger partial charge on any atom is -0.458 e. The number of nitrogens with zero attached hydrogens (tertiary/aromatic N) is 4. The molecule has 0 saturated heterocycles. The molecule has 5 nitrogen and oxygen atoms in total. The Kier molecular flexibility index (Phi) is 6.10. The number of benzene rings is 11. The maximum Gasteiger partial charge on any atom is 0.269 e. The number of ether oxygens (including phenoxy) is 1. The van der Waals surface area contributed by atoms with Crippen LogP contribution in [0.5, 0.6) is 11.5 Å². The van der Waals surface area contributed by atoms with Crippen LogP contribution in [-0.2, 0) is 0 Å². The molecule has 0 aliphatic carbocycles. The Labute approximate surface area is 497 Å². The van der Waals surface area contributed by atoms with Gasteiger partial charge in [-0.1, -0.05) is 206 Å². The lowest BCUT2D eigenvalue weighted by atomic mass is 9.90. The van der Waals surface area contributed by atoms with Crippen molar-refractivity contribution < 1.29 is 51.8 Å². The standard InChI is InChI=1S/C73H50N4O/c1-50-41-72(74-48-67(50)55-29-15-6-16-30-55)77-68-36-18-17-33-65(68)66-39-38-62(47-70(66)77)78-61-32-19-31-60(46-61)75-49-76(69-40-37-56(45-71(69)75)51-21-7-2-8-22-51)73-63(54-27-13-5-14-28-54)34-20-35-64(73)59-43-57(52-23-9-3-10-24-52)42-58(44-59)53-25-11-4-12-26-53/h2-48H,1H3/i1D3,2D,3D,4D,5D,6D,7D,8D,9D,10D,11D,12D,13D,14D,15D,16D,21D,22D,23D,24D,25D,26D,27D,28D,29D,30D,42D,43D,44D. The average molecular weight is 1030 g/mol. The summed E-state index contributed by atoms with van der Waals surface area (Å²) in [5.41, 5.74) is -5.09. The second-order valence-electron chi connectivity index (χ2n) is 17.4. The van der Waals surface area contributed by atoms with Gasteiger partial charge >= 0.3 is 0 Å². The summed E-state index contributed by atoms with van der Waals surface area (Å²) in [4.78, 5) is 4.68. The second-order valence-corrected chi connectivity index (χ2v) is 17.4. The third-order valence-corrected chi connectivity index (χ3v) is 12.8. The highest BCUT2D eigenvalue weighted by molar-refractivity contribution is 6.09. The summed E-state index contributed by atoms with van der Waals surface area (Å²) in [5.74, 6) is 0.354. The van der Waals surface area contributed by atoms with Crippen LogP contribution in [0, 0.1) is 13.2 Å². The summed E-state index contributed by atoms with van der Waals surface area (Å²) in [7, 11) is 0. The predicted octanol–water partition coefficient (Wildman–Crippen LogP) is 18.3. The van der Waals surface area contributed by atoms with E-state index in [9.17, 15) is 12.3 Å². The van der Waals surface area contributed by atoms with Crippen molar-refractivity contribution in [2.24, 2.45) is 0 Å². The van der Waals surface area contributed by atoms with Crippen molar-refractivity contribution in [1.29, 1.82) is 0 Å². The molecule has 0 unspecified atom stereocenters. The van der Waals surface area contributed by atoms with Gasteiger partial charge in [-0.05, 0) is 140 Å². The van der Waals surface area contributed by atoms with Gasteiger partial charge in [0.25, 0.3) is 6.33 Å². The molecule has 78 heavy (non-hydrogen) atoms. The highest BCUT2D eigenvalue weighted by Crippen LogP contribution is 2.40. The quantitative estimate of drug-likeness (QED) is 0.0956. The number of hydrogen-bond acceptors (Lipinski definition) is 2. The maximum atomic E-state index is 10.2. The van der Waals surface area contributed by atoms with Crippen LogP contribution in [0.15, 0.2) is 285 Å². The lowest BCUT2D eigenvalue weighted by Crippen LogP contribution is -2.31. The van der Waals surface area contributed by atoms with Gasteiger partial charge in [-0.25, -0.2) is 4.98 Å². The third kappa shape index (κ3) is 8.50. The first-order valence-electron chi connectivity index (χ1n) is 39.4. The first kappa shape index (κ1) is 24.1. The van der Waals surface area contributed by atoms with Gasteiger partial charge in [0, 0.05) is 32.7 Å². The van der Waals surface area contributed by atoms with Crippen LogP contribution in [0.1, 0.15) is 48.1 Å². The lowest BCUT2D eigenvalue weighted by molar-refractivity contribution is -0.571. The van der Waals surface area contributed by atoms with Crippen molar-refractivity contribution in [3.8, 4) is 95.5 Å². The normalized spacial score (nSPS) is 17.2. The number of rotatable bonds is 11. The molecule has 0 saturated carbocycles. The molecule has 11 aromatic carbocycles. The Balaban J connectivity index is 1.04. The van der Waals surface area contributed by atoms with Crippen LogP contribution in [0.3, 0.4) is 0 Å². The Hall–Kier alpha value is -10.4. The van der Waals surface area contributed by atoms with Gasteiger partial charge < -0.3 is 4.74 Å². The molecule has 3 heterocycles. The van der Waals surface area contributed by atoms with Crippen molar-refractivity contribution in [3.63, 3.8) is 0 Å². The maximum absolute atomic E-state index is 10.2. The first-order chi connectivity index (χ1) is 51.4. The summed E-state index contributed by atoms with van der Waals surface area (Å²) in [6, 6.07) is 5.35. The summed E-state index contributed by atoms with van der Waals surface area (Å²) in [6.45, 7) is -2.92. The van der Waals surface area contributed by atoms with Gasteiger partial charge in [0.15, 0.2) is 0 Å². The van der Waals surface area contributed by atoms with Crippen molar-refractivity contribution >= 4 is 32.8 Å². The van der Waals surface area contributed by atoms with Gasteiger partial charge in [0.05, 0.1) is 71.8 Å². The van der Waals surface area contributed by atoms with E-state index in [0.717, 1.165) is 6.20 Å².